The van der Waals surface area contributed by atoms with Gasteiger partial charge in [0.15, 0.2) is 5.82 Å². The van der Waals surface area contributed by atoms with E-state index in [2.05, 4.69) is 9.97 Å². The summed E-state index contributed by atoms with van der Waals surface area (Å²) in [5, 5.41) is 0.145. The van der Waals surface area contributed by atoms with Crippen molar-refractivity contribution in [3.8, 4) is 0 Å². The van der Waals surface area contributed by atoms with Crippen LogP contribution >= 0.6 is 11.6 Å². The molecule has 1 saturated heterocycles. The van der Waals surface area contributed by atoms with Crippen molar-refractivity contribution in [2.75, 3.05) is 24.6 Å². The third-order valence-electron chi connectivity index (χ3n) is 2.32. The van der Waals surface area contributed by atoms with Crippen LogP contribution in [0.3, 0.4) is 0 Å². The van der Waals surface area contributed by atoms with E-state index in [1.54, 1.807) is 0 Å². The molecule has 1 fully saturated rings. The lowest BCUT2D eigenvalue weighted by molar-refractivity contribution is 0.0529. The Bertz CT molecular complexity index is 407. The van der Waals surface area contributed by atoms with Crippen molar-refractivity contribution in [1.29, 1.82) is 0 Å². The van der Waals surface area contributed by atoms with Crippen molar-refractivity contribution in [1.82, 2.24) is 9.97 Å². The molecular weight excluding hydrogens is 218 g/mol. The lowest BCUT2D eigenvalue weighted by atomic mass is 10.3. The molecule has 6 heteroatoms. The lowest BCUT2D eigenvalue weighted by Crippen LogP contribution is -2.42. The molecule has 0 amide bonds. The van der Waals surface area contributed by atoms with Crippen LogP contribution < -0.4 is 10.5 Å². The van der Waals surface area contributed by atoms with Gasteiger partial charge in [0.25, 0.3) is 5.56 Å². The van der Waals surface area contributed by atoms with Crippen molar-refractivity contribution < 1.29 is 4.74 Å². The molecule has 1 N–H and O–H groups in total. The van der Waals surface area contributed by atoms with Crippen molar-refractivity contribution >= 4 is 17.4 Å². The van der Waals surface area contributed by atoms with Crippen LogP contribution in [0, 0.1) is 0 Å². The number of rotatable bonds is 1. The summed E-state index contributed by atoms with van der Waals surface area (Å²) in [7, 11) is 0. The molecular formula is C9H12ClN3O2. The predicted molar refractivity (Wildman–Crippen MR) is 57.5 cm³/mol. The summed E-state index contributed by atoms with van der Waals surface area (Å²) >= 11 is 5.89. The third-order valence-corrected chi connectivity index (χ3v) is 2.66. The van der Waals surface area contributed by atoms with E-state index < -0.39 is 0 Å². The number of halogens is 1. The lowest BCUT2D eigenvalue weighted by Gasteiger charge is -2.32. The maximum absolute atomic E-state index is 11.3. The average Bonchev–Trinajstić information content (AvgIpc) is 2.22. The van der Waals surface area contributed by atoms with Crippen LogP contribution in [0.2, 0.25) is 5.02 Å². The average molecular weight is 230 g/mol. The summed E-state index contributed by atoms with van der Waals surface area (Å²) in [6, 6.07) is 0. The summed E-state index contributed by atoms with van der Waals surface area (Å²) in [5.74, 6) is 0.538. The largest absolute Gasteiger partial charge is 0.375 e. The van der Waals surface area contributed by atoms with Gasteiger partial charge in [-0.2, -0.15) is 0 Å². The Morgan fingerprint density at radius 3 is 3.27 bits per heavy atom. The third kappa shape index (κ3) is 2.13. The van der Waals surface area contributed by atoms with Gasteiger partial charge in [-0.25, -0.2) is 4.98 Å². The van der Waals surface area contributed by atoms with Gasteiger partial charge >= 0.3 is 0 Å². The SMILES string of the molecule is CC1CN(c2nc[nH]c(=O)c2Cl)CCO1. The van der Waals surface area contributed by atoms with E-state index in [1.807, 2.05) is 11.8 Å². The standard InChI is InChI=1S/C9H12ClN3O2/c1-6-4-13(2-3-15-6)8-7(10)9(14)12-5-11-8/h5-6H,2-4H2,1H3,(H,11,12,14). The molecule has 1 aliphatic rings. The second-order valence-corrected chi connectivity index (χ2v) is 3.87. The first-order valence-electron chi connectivity index (χ1n) is 4.78. The number of H-pyrrole nitrogens is 1. The monoisotopic (exact) mass is 229 g/mol. The van der Waals surface area contributed by atoms with Gasteiger partial charge < -0.3 is 14.6 Å². The zero-order chi connectivity index (χ0) is 10.8. The van der Waals surface area contributed by atoms with Gasteiger partial charge in [-0.05, 0) is 6.92 Å². The molecule has 0 radical (unpaired) electrons. The van der Waals surface area contributed by atoms with Crippen molar-refractivity contribution in [3.63, 3.8) is 0 Å². The quantitative estimate of drug-likeness (QED) is 0.768. The number of ether oxygens (including phenoxy) is 1. The van der Waals surface area contributed by atoms with E-state index in [-0.39, 0.29) is 16.7 Å². The molecule has 1 atom stereocenters. The molecule has 1 aromatic heterocycles. The van der Waals surface area contributed by atoms with Crippen LogP contribution in [0.15, 0.2) is 11.1 Å². The van der Waals surface area contributed by atoms with Crippen LogP contribution in [-0.2, 0) is 4.74 Å². The highest BCUT2D eigenvalue weighted by Gasteiger charge is 2.20. The van der Waals surface area contributed by atoms with Gasteiger partial charge in [-0.15, -0.1) is 0 Å². The van der Waals surface area contributed by atoms with Crippen LogP contribution in [0.1, 0.15) is 6.92 Å². The molecule has 1 unspecified atom stereocenters. The molecule has 1 aliphatic heterocycles. The van der Waals surface area contributed by atoms with Gasteiger partial charge in [-0.1, -0.05) is 11.6 Å². The highest BCUT2D eigenvalue weighted by molar-refractivity contribution is 6.32. The molecule has 15 heavy (non-hydrogen) atoms. The minimum Gasteiger partial charge on any atom is -0.375 e. The first kappa shape index (κ1) is 10.4. The molecule has 5 nitrogen and oxygen atoms in total. The number of morpholine rings is 1. The number of nitrogens with zero attached hydrogens (tertiary/aromatic N) is 2. The second-order valence-electron chi connectivity index (χ2n) is 3.50. The second kappa shape index (κ2) is 4.20. The minimum atomic E-state index is -0.305. The fraction of sp³-hybridized carbons (Fsp3) is 0.556. The number of anilines is 1. The normalized spacial score (nSPS) is 21.7. The maximum Gasteiger partial charge on any atom is 0.271 e. The van der Waals surface area contributed by atoms with Gasteiger partial charge in [0.1, 0.15) is 5.02 Å². The zero-order valence-electron chi connectivity index (χ0n) is 8.36. The maximum atomic E-state index is 11.3. The summed E-state index contributed by atoms with van der Waals surface area (Å²) in [5.41, 5.74) is -0.305. The highest BCUT2D eigenvalue weighted by Crippen LogP contribution is 2.20. The Hall–Kier alpha value is -1.07. The Labute approximate surface area is 92.0 Å². The summed E-state index contributed by atoms with van der Waals surface area (Å²) in [4.78, 5) is 19.8. The first-order valence-corrected chi connectivity index (χ1v) is 5.16. The van der Waals surface area contributed by atoms with Crippen LogP contribution in [-0.4, -0.2) is 35.8 Å². The summed E-state index contributed by atoms with van der Waals surface area (Å²) in [6.45, 7) is 4.02. The van der Waals surface area contributed by atoms with E-state index >= 15 is 0 Å². The topological polar surface area (TPSA) is 58.2 Å². The molecule has 2 heterocycles. The smallest absolute Gasteiger partial charge is 0.271 e. The fourth-order valence-electron chi connectivity index (χ4n) is 1.60. The highest BCUT2D eigenvalue weighted by atomic mass is 35.5. The zero-order valence-corrected chi connectivity index (χ0v) is 9.12. The molecule has 0 bridgehead atoms. The van der Waals surface area contributed by atoms with E-state index in [1.165, 1.54) is 6.33 Å². The molecule has 82 valence electrons. The van der Waals surface area contributed by atoms with Gasteiger partial charge in [0, 0.05) is 13.1 Å². The Morgan fingerprint density at radius 2 is 2.53 bits per heavy atom. The molecule has 0 spiro atoms. The van der Waals surface area contributed by atoms with Crippen molar-refractivity contribution in [2.45, 2.75) is 13.0 Å². The Balaban J connectivity index is 2.28. The number of nitrogens with one attached hydrogen (secondary N) is 1. The summed E-state index contributed by atoms with van der Waals surface area (Å²) < 4.78 is 5.40. The number of hydrogen-bond donors (Lipinski definition) is 1. The Morgan fingerprint density at radius 1 is 1.73 bits per heavy atom. The number of aromatic amines is 1. The number of hydrogen-bond acceptors (Lipinski definition) is 4. The predicted octanol–water partition coefficient (Wildman–Crippen LogP) is 0.648. The molecule has 1 aromatic rings. The van der Waals surface area contributed by atoms with Crippen LogP contribution in [0.5, 0.6) is 0 Å². The molecule has 0 aliphatic carbocycles. The summed E-state index contributed by atoms with van der Waals surface area (Å²) in [6.07, 6.45) is 1.50. The van der Waals surface area contributed by atoms with E-state index in [0.29, 0.717) is 25.5 Å². The Kier molecular flexibility index (Phi) is 2.93. The van der Waals surface area contributed by atoms with Crippen molar-refractivity contribution in [2.24, 2.45) is 0 Å². The molecule has 0 saturated carbocycles. The van der Waals surface area contributed by atoms with E-state index in [9.17, 15) is 4.79 Å². The van der Waals surface area contributed by atoms with Gasteiger partial charge in [-0.3, -0.25) is 4.79 Å². The van der Waals surface area contributed by atoms with E-state index in [4.69, 9.17) is 16.3 Å². The first-order chi connectivity index (χ1) is 7.18. The van der Waals surface area contributed by atoms with Crippen molar-refractivity contribution in [3.05, 3.63) is 21.7 Å². The van der Waals surface area contributed by atoms with Crippen LogP contribution in [0.4, 0.5) is 5.82 Å². The van der Waals surface area contributed by atoms with Gasteiger partial charge in [0.05, 0.1) is 19.0 Å². The minimum absolute atomic E-state index is 0.135. The van der Waals surface area contributed by atoms with Crippen LogP contribution in [0.25, 0.3) is 0 Å². The molecule has 0 aromatic carbocycles. The fourth-order valence-corrected chi connectivity index (χ4v) is 1.83. The number of aromatic nitrogens is 2. The molecule has 2 rings (SSSR count). The van der Waals surface area contributed by atoms with Gasteiger partial charge in [0.2, 0.25) is 0 Å². The van der Waals surface area contributed by atoms with E-state index in [0.717, 1.165) is 0 Å².